The van der Waals surface area contributed by atoms with Crippen molar-refractivity contribution in [2.45, 2.75) is 66.2 Å². The highest BCUT2D eigenvalue weighted by Gasteiger charge is 2.19. The van der Waals surface area contributed by atoms with E-state index in [-0.39, 0.29) is 0 Å². The number of hydrogen-bond acceptors (Lipinski definition) is 1. The first-order valence-corrected chi connectivity index (χ1v) is 8.43. The summed E-state index contributed by atoms with van der Waals surface area (Å²) in [6.07, 6.45) is 0. The van der Waals surface area contributed by atoms with Crippen LogP contribution in [0.25, 0.3) is 11.3 Å². The van der Waals surface area contributed by atoms with Gasteiger partial charge in [0.2, 0.25) is 0 Å². The molecule has 0 fully saturated rings. The molecule has 1 heteroatoms. The van der Waals surface area contributed by atoms with Gasteiger partial charge in [0, 0.05) is 11.3 Å². The Balaban J connectivity index is 2.79. The van der Waals surface area contributed by atoms with E-state index in [0.29, 0.717) is 17.8 Å². The molecule has 0 aliphatic heterocycles. The smallest absolute Gasteiger partial charge is 0.0710 e. The topological polar surface area (TPSA) is 12.9 Å². The Labute approximate surface area is 135 Å². The van der Waals surface area contributed by atoms with Crippen LogP contribution in [0.1, 0.15) is 81.7 Å². The summed E-state index contributed by atoms with van der Waals surface area (Å²) >= 11 is 0. The molecule has 1 nitrogen and oxygen atoms in total. The summed E-state index contributed by atoms with van der Waals surface area (Å²) in [6, 6.07) is 11.1. The normalized spacial score (nSPS) is 11.7. The van der Waals surface area contributed by atoms with Gasteiger partial charge in [-0.1, -0.05) is 59.7 Å². The zero-order chi connectivity index (χ0) is 16.4. The second-order valence-corrected chi connectivity index (χ2v) is 7.20. The summed E-state index contributed by atoms with van der Waals surface area (Å²) in [4.78, 5) is 4.80. The Kier molecular flexibility index (Phi) is 5.05. The third kappa shape index (κ3) is 3.40. The Morgan fingerprint density at radius 2 is 1.32 bits per heavy atom. The van der Waals surface area contributed by atoms with Crippen LogP contribution in [-0.2, 0) is 0 Å². The average Bonchev–Trinajstić information content (AvgIpc) is 2.45. The Hall–Kier alpha value is -1.63. The van der Waals surface area contributed by atoms with Gasteiger partial charge in [0.25, 0.3) is 0 Å². The van der Waals surface area contributed by atoms with Crippen molar-refractivity contribution >= 4 is 0 Å². The van der Waals surface area contributed by atoms with E-state index in [1.54, 1.807) is 0 Å². The molecule has 0 unspecified atom stereocenters. The van der Waals surface area contributed by atoms with Crippen LogP contribution in [0.4, 0.5) is 0 Å². The molecule has 0 N–H and O–H groups in total. The summed E-state index contributed by atoms with van der Waals surface area (Å²) in [5.41, 5.74) is 7.82. The van der Waals surface area contributed by atoms with Crippen molar-refractivity contribution in [2.75, 3.05) is 0 Å². The van der Waals surface area contributed by atoms with E-state index in [0.717, 1.165) is 11.4 Å². The lowest BCUT2D eigenvalue weighted by Crippen LogP contribution is -2.04. The lowest BCUT2D eigenvalue weighted by Gasteiger charge is -2.22. The molecule has 0 bridgehead atoms. The predicted octanol–water partition coefficient (Wildman–Crippen LogP) is 6.43. The first kappa shape index (κ1) is 16.7. The predicted molar refractivity (Wildman–Crippen MR) is 96.7 cm³/mol. The van der Waals surface area contributed by atoms with Crippen LogP contribution in [0.5, 0.6) is 0 Å². The molecular formula is C21H29N. The van der Waals surface area contributed by atoms with Crippen LogP contribution in [0.3, 0.4) is 0 Å². The zero-order valence-corrected chi connectivity index (χ0v) is 15.1. The van der Waals surface area contributed by atoms with Crippen molar-refractivity contribution in [1.82, 2.24) is 4.98 Å². The van der Waals surface area contributed by atoms with Crippen LogP contribution < -0.4 is 0 Å². The third-order valence-electron chi connectivity index (χ3n) is 4.28. The van der Waals surface area contributed by atoms with Crippen LogP contribution in [0.15, 0.2) is 30.3 Å². The van der Waals surface area contributed by atoms with Crippen LogP contribution >= 0.6 is 0 Å². The minimum Gasteiger partial charge on any atom is -0.253 e. The maximum atomic E-state index is 4.80. The molecule has 0 aliphatic carbocycles. The highest BCUT2D eigenvalue weighted by molar-refractivity contribution is 5.70. The zero-order valence-electron chi connectivity index (χ0n) is 15.1. The SMILES string of the molecule is Cc1cccc(-c2c(C(C)C)cc(C(C)C)cc2C(C)C)n1. The fraction of sp³-hybridized carbons (Fsp3) is 0.476. The molecule has 0 saturated heterocycles. The highest BCUT2D eigenvalue weighted by Crippen LogP contribution is 2.37. The van der Waals surface area contributed by atoms with Crippen molar-refractivity contribution in [1.29, 1.82) is 0 Å². The van der Waals surface area contributed by atoms with Gasteiger partial charge in [-0.05, 0) is 53.5 Å². The lowest BCUT2D eigenvalue weighted by atomic mass is 9.83. The van der Waals surface area contributed by atoms with Gasteiger partial charge < -0.3 is 0 Å². The molecule has 0 spiro atoms. The molecule has 0 aliphatic rings. The van der Waals surface area contributed by atoms with Crippen LogP contribution in [0, 0.1) is 6.92 Å². The highest BCUT2D eigenvalue weighted by atomic mass is 14.7. The van der Waals surface area contributed by atoms with Gasteiger partial charge in [-0.15, -0.1) is 0 Å². The van der Waals surface area contributed by atoms with E-state index in [4.69, 9.17) is 4.98 Å². The Bertz CT molecular complexity index is 622. The minimum absolute atomic E-state index is 0.494. The molecule has 0 atom stereocenters. The van der Waals surface area contributed by atoms with E-state index in [9.17, 15) is 0 Å². The van der Waals surface area contributed by atoms with Crippen molar-refractivity contribution in [2.24, 2.45) is 0 Å². The first-order valence-electron chi connectivity index (χ1n) is 8.43. The summed E-state index contributed by atoms with van der Waals surface area (Å²) < 4.78 is 0. The van der Waals surface area contributed by atoms with E-state index in [1.165, 1.54) is 22.3 Å². The molecule has 0 radical (unpaired) electrons. The number of hydrogen-bond donors (Lipinski definition) is 0. The quantitative estimate of drug-likeness (QED) is 0.633. The van der Waals surface area contributed by atoms with E-state index in [1.807, 2.05) is 0 Å². The van der Waals surface area contributed by atoms with Crippen LogP contribution in [-0.4, -0.2) is 4.98 Å². The number of pyridine rings is 1. The lowest BCUT2D eigenvalue weighted by molar-refractivity contribution is 0.806. The summed E-state index contributed by atoms with van der Waals surface area (Å²) in [5.74, 6) is 1.54. The monoisotopic (exact) mass is 295 g/mol. The van der Waals surface area contributed by atoms with Crippen molar-refractivity contribution < 1.29 is 0 Å². The van der Waals surface area contributed by atoms with Gasteiger partial charge in [0.05, 0.1) is 5.69 Å². The van der Waals surface area contributed by atoms with Crippen molar-refractivity contribution in [3.63, 3.8) is 0 Å². The van der Waals surface area contributed by atoms with Crippen molar-refractivity contribution in [3.05, 3.63) is 52.7 Å². The molecule has 1 aromatic carbocycles. The second-order valence-electron chi connectivity index (χ2n) is 7.20. The van der Waals surface area contributed by atoms with E-state index in [2.05, 4.69) is 78.8 Å². The molecule has 1 aromatic heterocycles. The molecule has 0 amide bonds. The summed E-state index contributed by atoms with van der Waals surface area (Å²) in [6.45, 7) is 15.7. The average molecular weight is 295 g/mol. The Morgan fingerprint density at radius 3 is 1.73 bits per heavy atom. The number of benzene rings is 1. The second kappa shape index (κ2) is 6.64. The summed E-state index contributed by atoms with van der Waals surface area (Å²) in [5, 5.41) is 0. The van der Waals surface area contributed by atoms with Crippen LogP contribution in [0.2, 0.25) is 0 Å². The molecule has 1 heterocycles. The van der Waals surface area contributed by atoms with Gasteiger partial charge >= 0.3 is 0 Å². The fourth-order valence-electron chi connectivity index (χ4n) is 2.93. The number of nitrogens with zero attached hydrogens (tertiary/aromatic N) is 1. The van der Waals surface area contributed by atoms with E-state index < -0.39 is 0 Å². The molecule has 22 heavy (non-hydrogen) atoms. The van der Waals surface area contributed by atoms with Gasteiger partial charge in [0.15, 0.2) is 0 Å². The maximum Gasteiger partial charge on any atom is 0.0710 e. The maximum absolute atomic E-state index is 4.80. The number of aryl methyl sites for hydroxylation is 1. The van der Waals surface area contributed by atoms with Gasteiger partial charge in [-0.3, -0.25) is 4.98 Å². The van der Waals surface area contributed by atoms with Crippen molar-refractivity contribution in [3.8, 4) is 11.3 Å². The largest absolute Gasteiger partial charge is 0.253 e. The molecule has 2 aromatic rings. The van der Waals surface area contributed by atoms with Gasteiger partial charge in [-0.25, -0.2) is 0 Å². The number of aromatic nitrogens is 1. The van der Waals surface area contributed by atoms with Gasteiger partial charge in [-0.2, -0.15) is 0 Å². The Morgan fingerprint density at radius 1 is 0.773 bits per heavy atom. The molecule has 118 valence electrons. The molecule has 0 saturated carbocycles. The molecular weight excluding hydrogens is 266 g/mol. The van der Waals surface area contributed by atoms with Gasteiger partial charge in [0.1, 0.15) is 0 Å². The first-order chi connectivity index (χ1) is 10.3. The third-order valence-corrected chi connectivity index (χ3v) is 4.28. The molecule has 2 rings (SSSR count). The summed E-state index contributed by atoms with van der Waals surface area (Å²) in [7, 11) is 0. The fourth-order valence-corrected chi connectivity index (χ4v) is 2.93. The minimum atomic E-state index is 0.494. The van der Waals surface area contributed by atoms with E-state index >= 15 is 0 Å². The number of rotatable bonds is 4. The standard InChI is InChI=1S/C21H29N/c1-13(2)17-11-18(14(3)4)21(19(12-17)15(5)6)20-10-8-9-16(7)22-20/h8-15H,1-7H3.